The van der Waals surface area contributed by atoms with Gasteiger partial charge in [-0.2, -0.15) is 5.26 Å². The Bertz CT molecular complexity index is 887. The van der Waals surface area contributed by atoms with E-state index in [2.05, 4.69) is 22.4 Å². The number of anilines is 1. The third-order valence-electron chi connectivity index (χ3n) is 5.86. The van der Waals surface area contributed by atoms with Crippen LogP contribution in [-0.2, 0) is 4.74 Å². The maximum absolute atomic E-state index is 9.62. The fourth-order valence-corrected chi connectivity index (χ4v) is 4.08. The molecule has 146 valence electrons. The van der Waals surface area contributed by atoms with Crippen molar-refractivity contribution in [2.45, 2.75) is 32.3 Å². The first-order chi connectivity index (χ1) is 13.6. The quantitative estimate of drug-likeness (QED) is 0.878. The van der Waals surface area contributed by atoms with Crippen LogP contribution in [0.5, 0.6) is 11.5 Å². The van der Waals surface area contributed by atoms with E-state index in [0.717, 1.165) is 73.9 Å². The summed E-state index contributed by atoms with van der Waals surface area (Å²) in [7, 11) is 0. The van der Waals surface area contributed by atoms with Gasteiger partial charge in [0.25, 0.3) is 0 Å². The van der Waals surface area contributed by atoms with Gasteiger partial charge in [0.2, 0.25) is 0 Å². The molecule has 1 spiro atoms. The molecule has 5 nitrogen and oxygen atoms in total. The predicted molar refractivity (Wildman–Crippen MR) is 110 cm³/mol. The van der Waals surface area contributed by atoms with Gasteiger partial charge in [-0.3, -0.25) is 0 Å². The first kappa shape index (κ1) is 18.8. The summed E-state index contributed by atoms with van der Waals surface area (Å²) in [6, 6.07) is 14.4. The molecule has 0 atom stereocenters. The molecule has 1 N–H and O–H groups in total. The predicted octanol–water partition coefficient (Wildman–Crippen LogP) is 3.93. The summed E-state index contributed by atoms with van der Waals surface area (Å²) in [5, 5.41) is 13.1. The summed E-state index contributed by atoms with van der Waals surface area (Å²) >= 11 is 0. The molecule has 2 aliphatic rings. The van der Waals surface area contributed by atoms with Crippen molar-refractivity contribution >= 4 is 5.69 Å². The van der Waals surface area contributed by atoms with E-state index >= 15 is 0 Å². The van der Waals surface area contributed by atoms with Crippen molar-refractivity contribution in [3.8, 4) is 17.6 Å². The smallest absolute Gasteiger partial charge is 0.133 e. The van der Waals surface area contributed by atoms with E-state index in [4.69, 9.17) is 9.47 Å². The maximum Gasteiger partial charge on any atom is 0.133 e. The number of nitriles is 1. The van der Waals surface area contributed by atoms with E-state index in [1.165, 1.54) is 0 Å². The lowest BCUT2D eigenvalue weighted by atomic mass is 9.89. The number of nitrogens with one attached hydrogen (secondary N) is 1. The van der Waals surface area contributed by atoms with Crippen LogP contribution in [0.1, 0.15) is 29.5 Å². The molecule has 2 saturated heterocycles. The molecule has 0 amide bonds. The fraction of sp³-hybridized carbons (Fsp3) is 0.435. The van der Waals surface area contributed by atoms with E-state index in [1.54, 1.807) is 0 Å². The first-order valence-electron chi connectivity index (χ1n) is 9.97. The van der Waals surface area contributed by atoms with Gasteiger partial charge in [0.05, 0.1) is 23.8 Å². The van der Waals surface area contributed by atoms with Gasteiger partial charge in [-0.15, -0.1) is 0 Å². The van der Waals surface area contributed by atoms with Crippen molar-refractivity contribution in [2.24, 2.45) is 0 Å². The zero-order chi connectivity index (χ0) is 19.6. The number of hydrogen-bond acceptors (Lipinski definition) is 5. The van der Waals surface area contributed by atoms with Crippen LogP contribution >= 0.6 is 0 Å². The fourth-order valence-electron chi connectivity index (χ4n) is 4.08. The van der Waals surface area contributed by atoms with Crippen LogP contribution in [0.15, 0.2) is 36.4 Å². The van der Waals surface area contributed by atoms with Gasteiger partial charge >= 0.3 is 0 Å². The highest BCUT2D eigenvalue weighted by Crippen LogP contribution is 2.35. The minimum atomic E-state index is -0.0294. The van der Waals surface area contributed by atoms with Crippen LogP contribution < -0.4 is 15.0 Å². The van der Waals surface area contributed by atoms with Crippen molar-refractivity contribution in [3.05, 3.63) is 53.1 Å². The zero-order valence-electron chi connectivity index (χ0n) is 16.6. The molecule has 2 aliphatic heterocycles. The second-order valence-electron chi connectivity index (χ2n) is 7.84. The van der Waals surface area contributed by atoms with Gasteiger partial charge < -0.3 is 19.7 Å². The van der Waals surface area contributed by atoms with Gasteiger partial charge in [0.1, 0.15) is 11.5 Å². The summed E-state index contributed by atoms with van der Waals surface area (Å²) in [6.07, 6.45) is 1.98. The monoisotopic (exact) mass is 377 g/mol. The maximum atomic E-state index is 9.62. The van der Waals surface area contributed by atoms with E-state index < -0.39 is 0 Å². The highest BCUT2D eigenvalue weighted by molar-refractivity contribution is 5.61. The van der Waals surface area contributed by atoms with E-state index in [9.17, 15) is 5.26 Å². The molecule has 4 rings (SSSR count). The molecule has 2 heterocycles. The SMILES string of the molecule is Cc1cccc(Oc2cc(N3CCC4(CC3)CNCCO4)cc(C#N)c2C)c1. The Kier molecular flexibility index (Phi) is 5.25. The number of piperidine rings is 1. The lowest BCUT2D eigenvalue weighted by Crippen LogP contribution is -2.55. The average Bonchev–Trinajstić information content (AvgIpc) is 2.71. The molecule has 0 bridgehead atoms. The summed E-state index contributed by atoms with van der Waals surface area (Å²) in [5.74, 6) is 1.54. The number of nitrogens with zero attached hydrogens (tertiary/aromatic N) is 2. The van der Waals surface area contributed by atoms with Crippen molar-refractivity contribution in [3.63, 3.8) is 0 Å². The Morgan fingerprint density at radius 3 is 2.68 bits per heavy atom. The van der Waals surface area contributed by atoms with E-state index in [1.807, 2.05) is 44.2 Å². The number of hydrogen-bond donors (Lipinski definition) is 1. The van der Waals surface area contributed by atoms with Crippen molar-refractivity contribution in [1.82, 2.24) is 5.32 Å². The van der Waals surface area contributed by atoms with Crippen molar-refractivity contribution in [2.75, 3.05) is 37.7 Å². The van der Waals surface area contributed by atoms with Gasteiger partial charge in [-0.25, -0.2) is 0 Å². The normalized spacial score (nSPS) is 18.7. The summed E-state index contributed by atoms with van der Waals surface area (Å²) in [5.41, 5.74) is 3.70. The molecule has 2 aromatic carbocycles. The molecule has 2 aromatic rings. The molecule has 28 heavy (non-hydrogen) atoms. The van der Waals surface area contributed by atoms with E-state index in [-0.39, 0.29) is 5.60 Å². The Morgan fingerprint density at radius 2 is 2.00 bits per heavy atom. The lowest BCUT2D eigenvalue weighted by Gasteiger charge is -2.44. The molecular weight excluding hydrogens is 350 g/mol. The molecule has 0 aromatic heterocycles. The molecule has 5 heteroatoms. The van der Waals surface area contributed by atoms with Crippen LogP contribution in [0.3, 0.4) is 0 Å². The van der Waals surface area contributed by atoms with Crippen LogP contribution in [-0.4, -0.2) is 38.4 Å². The van der Waals surface area contributed by atoms with Crippen molar-refractivity contribution in [1.29, 1.82) is 5.26 Å². The standard InChI is InChI=1S/C23H27N3O2/c1-17-4-3-5-21(12-17)28-22-14-20(13-19(15-24)18(22)2)26-9-6-23(7-10-26)16-25-8-11-27-23/h3-5,12-14,25H,6-11,16H2,1-2H3. The number of benzene rings is 2. The minimum Gasteiger partial charge on any atom is -0.457 e. The third-order valence-corrected chi connectivity index (χ3v) is 5.86. The Hall–Kier alpha value is -2.55. The Labute approximate surface area is 166 Å². The molecular formula is C23H27N3O2. The second kappa shape index (κ2) is 7.83. The van der Waals surface area contributed by atoms with Gasteiger partial charge in [-0.05, 0) is 50.5 Å². The highest BCUT2D eigenvalue weighted by Gasteiger charge is 2.37. The summed E-state index contributed by atoms with van der Waals surface area (Å²) < 4.78 is 12.3. The van der Waals surface area contributed by atoms with Crippen molar-refractivity contribution < 1.29 is 9.47 Å². The Morgan fingerprint density at radius 1 is 1.18 bits per heavy atom. The minimum absolute atomic E-state index is 0.0294. The summed E-state index contributed by atoms with van der Waals surface area (Å²) in [6.45, 7) is 8.48. The zero-order valence-corrected chi connectivity index (χ0v) is 16.6. The van der Waals surface area contributed by atoms with Crippen LogP contribution in [0.2, 0.25) is 0 Å². The van der Waals surface area contributed by atoms with Crippen LogP contribution in [0.25, 0.3) is 0 Å². The first-order valence-corrected chi connectivity index (χ1v) is 9.97. The van der Waals surface area contributed by atoms with Gasteiger partial charge in [-0.1, -0.05) is 12.1 Å². The number of morpholine rings is 1. The Balaban J connectivity index is 1.57. The third kappa shape index (κ3) is 3.84. The molecule has 0 unspecified atom stereocenters. The lowest BCUT2D eigenvalue weighted by molar-refractivity contribution is -0.0799. The molecule has 2 fully saturated rings. The molecule has 0 saturated carbocycles. The number of ether oxygens (including phenoxy) is 2. The topological polar surface area (TPSA) is 57.5 Å². The number of aryl methyl sites for hydroxylation is 1. The number of rotatable bonds is 3. The second-order valence-corrected chi connectivity index (χ2v) is 7.84. The average molecular weight is 377 g/mol. The molecule has 0 radical (unpaired) electrons. The summed E-state index contributed by atoms with van der Waals surface area (Å²) in [4.78, 5) is 2.34. The molecule has 0 aliphatic carbocycles. The van der Waals surface area contributed by atoms with Crippen LogP contribution in [0, 0.1) is 25.2 Å². The van der Waals surface area contributed by atoms with Gasteiger partial charge in [0.15, 0.2) is 0 Å². The largest absolute Gasteiger partial charge is 0.457 e. The van der Waals surface area contributed by atoms with E-state index in [0.29, 0.717) is 5.56 Å². The van der Waals surface area contributed by atoms with Gasteiger partial charge in [0, 0.05) is 43.5 Å². The highest BCUT2D eigenvalue weighted by atomic mass is 16.5. The van der Waals surface area contributed by atoms with Crippen LogP contribution in [0.4, 0.5) is 5.69 Å².